The minimum absolute atomic E-state index is 0.130. The van der Waals surface area contributed by atoms with Crippen LogP contribution >= 0.6 is 0 Å². The molecule has 0 unspecified atom stereocenters. The summed E-state index contributed by atoms with van der Waals surface area (Å²) in [5, 5.41) is 6.12. The number of carbonyl (C=O) groups excluding carboxylic acids is 1. The summed E-state index contributed by atoms with van der Waals surface area (Å²) in [6, 6.07) is 0. The number of hydrogen-bond acceptors (Lipinski definition) is 2. The van der Waals surface area contributed by atoms with E-state index in [0.717, 1.165) is 6.42 Å². The fraction of sp³-hybridized carbons (Fsp3) is 0.909. The average molecular weight is 260 g/mol. The number of hydrogen-bond donors (Lipinski definition) is 1. The van der Waals surface area contributed by atoms with Gasteiger partial charge in [-0.25, -0.2) is 8.78 Å². The second-order valence-electron chi connectivity index (χ2n) is 4.58. The van der Waals surface area contributed by atoms with E-state index in [1.807, 2.05) is 0 Å². The standard InChI is InChI=1S/C11H18F2N4O/c12-11(13)5-3-9(4-6-11)10(18)15-7-1-2-8-16-17-14/h9H,1-8H2,(H,15,18). The molecule has 0 aromatic rings. The van der Waals surface area contributed by atoms with Crippen molar-refractivity contribution >= 4 is 5.91 Å². The summed E-state index contributed by atoms with van der Waals surface area (Å²) in [4.78, 5) is 14.3. The maximum atomic E-state index is 12.9. The number of carbonyl (C=O) groups is 1. The van der Waals surface area contributed by atoms with Gasteiger partial charge in [0.2, 0.25) is 11.8 Å². The highest BCUT2D eigenvalue weighted by Crippen LogP contribution is 2.36. The zero-order chi connectivity index (χ0) is 13.4. The van der Waals surface area contributed by atoms with E-state index in [2.05, 4.69) is 15.3 Å². The van der Waals surface area contributed by atoms with Crippen LogP contribution in [0.5, 0.6) is 0 Å². The first-order valence-corrected chi connectivity index (χ1v) is 6.21. The summed E-state index contributed by atoms with van der Waals surface area (Å²) in [5.41, 5.74) is 8.05. The lowest BCUT2D eigenvalue weighted by molar-refractivity contribution is -0.129. The van der Waals surface area contributed by atoms with Crippen molar-refractivity contribution in [3.8, 4) is 0 Å². The number of amides is 1. The quantitative estimate of drug-likeness (QED) is 0.339. The zero-order valence-corrected chi connectivity index (χ0v) is 10.2. The number of unbranched alkanes of at least 4 members (excludes halogenated alkanes) is 1. The van der Waals surface area contributed by atoms with Crippen LogP contribution in [0.25, 0.3) is 10.4 Å². The summed E-state index contributed by atoms with van der Waals surface area (Å²) in [5.74, 6) is -3.00. The Morgan fingerprint density at radius 3 is 2.67 bits per heavy atom. The Morgan fingerprint density at radius 2 is 2.06 bits per heavy atom. The van der Waals surface area contributed by atoms with Crippen LogP contribution in [-0.4, -0.2) is 24.9 Å². The number of nitrogens with one attached hydrogen (secondary N) is 1. The van der Waals surface area contributed by atoms with Crippen LogP contribution < -0.4 is 5.32 Å². The van der Waals surface area contributed by atoms with Crippen LogP contribution in [0.1, 0.15) is 38.5 Å². The first-order valence-electron chi connectivity index (χ1n) is 6.21. The molecule has 0 aliphatic heterocycles. The van der Waals surface area contributed by atoms with Crippen LogP contribution in [0.3, 0.4) is 0 Å². The summed E-state index contributed by atoms with van der Waals surface area (Å²) < 4.78 is 25.8. The molecule has 0 spiro atoms. The second kappa shape index (κ2) is 7.16. The molecule has 0 atom stereocenters. The molecule has 7 heteroatoms. The molecule has 1 rings (SSSR count). The monoisotopic (exact) mass is 260 g/mol. The number of halogens is 2. The van der Waals surface area contributed by atoms with Crippen LogP contribution in [-0.2, 0) is 4.79 Å². The third-order valence-electron chi connectivity index (χ3n) is 3.14. The van der Waals surface area contributed by atoms with E-state index in [-0.39, 0.29) is 37.5 Å². The molecule has 1 amide bonds. The third-order valence-corrected chi connectivity index (χ3v) is 3.14. The highest BCUT2D eigenvalue weighted by molar-refractivity contribution is 5.78. The molecule has 5 nitrogen and oxygen atoms in total. The first kappa shape index (κ1) is 14.7. The van der Waals surface area contributed by atoms with Crippen molar-refractivity contribution in [3.05, 3.63) is 10.4 Å². The van der Waals surface area contributed by atoms with E-state index in [1.54, 1.807) is 0 Å². The van der Waals surface area contributed by atoms with E-state index < -0.39 is 5.92 Å². The van der Waals surface area contributed by atoms with Gasteiger partial charge in [-0.05, 0) is 31.2 Å². The number of alkyl halides is 2. The third kappa shape index (κ3) is 5.31. The SMILES string of the molecule is [N-]=[N+]=NCCCCNC(=O)C1CCC(F)(F)CC1. The molecule has 1 saturated carbocycles. The summed E-state index contributed by atoms with van der Waals surface area (Å²) in [6.45, 7) is 0.925. The van der Waals surface area contributed by atoms with Crippen LogP contribution in [0.4, 0.5) is 8.78 Å². The molecule has 0 radical (unpaired) electrons. The van der Waals surface area contributed by atoms with Crippen molar-refractivity contribution in [1.29, 1.82) is 0 Å². The van der Waals surface area contributed by atoms with Crippen LogP contribution in [0.2, 0.25) is 0 Å². The molecule has 18 heavy (non-hydrogen) atoms. The topological polar surface area (TPSA) is 77.9 Å². The Kier molecular flexibility index (Phi) is 5.85. The van der Waals surface area contributed by atoms with Gasteiger partial charge in [-0.2, -0.15) is 0 Å². The zero-order valence-electron chi connectivity index (χ0n) is 10.2. The predicted octanol–water partition coefficient (Wildman–Crippen LogP) is 3.02. The van der Waals surface area contributed by atoms with Gasteiger partial charge in [0.15, 0.2) is 0 Å². The lowest BCUT2D eigenvalue weighted by Gasteiger charge is -2.27. The van der Waals surface area contributed by atoms with Crippen molar-refractivity contribution < 1.29 is 13.6 Å². The maximum absolute atomic E-state index is 12.9. The molecule has 1 N–H and O–H groups in total. The molecule has 0 aromatic carbocycles. The summed E-state index contributed by atoms with van der Waals surface area (Å²) >= 11 is 0. The number of nitrogens with zero attached hydrogens (tertiary/aromatic N) is 3. The van der Waals surface area contributed by atoms with E-state index in [9.17, 15) is 13.6 Å². The van der Waals surface area contributed by atoms with Crippen LogP contribution in [0, 0.1) is 5.92 Å². The Hall–Kier alpha value is -1.36. The smallest absolute Gasteiger partial charge is 0.248 e. The number of rotatable bonds is 6. The van der Waals surface area contributed by atoms with Gasteiger partial charge in [0, 0.05) is 36.8 Å². The second-order valence-corrected chi connectivity index (χ2v) is 4.58. The minimum Gasteiger partial charge on any atom is -0.356 e. The van der Waals surface area contributed by atoms with Gasteiger partial charge in [0.25, 0.3) is 0 Å². The van der Waals surface area contributed by atoms with Gasteiger partial charge in [-0.1, -0.05) is 5.11 Å². The Morgan fingerprint density at radius 1 is 1.39 bits per heavy atom. The number of azide groups is 1. The van der Waals surface area contributed by atoms with Gasteiger partial charge in [0.1, 0.15) is 0 Å². The molecule has 102 valence electrons. The lowest BCUT2D eigenvalue weighted by Crippen LogP contribution is -2.36. The van der Waals surface area contributed by atoms with Crippen molar-refractivity contribution in [2.75, 3.05) is 13.1 Å². The molecule has 1 aliphatic carbocycles. The summed E-state index contributed by atoms with van der Waals surface area (Å²) in [7, 11) is 0. The van der Waals surface area contributed by atoms with Gasteiger partial charge >= 0.3 is 0 Å². The van der Waals surface area contributed by atoms with E-state index >= 15 is 0 Å². The van der Waals surface area contributed by atoms with Crippen molar-refractivity contribution in [1.82, 2.24) is 5.32 Å². The van der Waals surface area contributed by atoms with Gasteiger partial charge in [0.05, 0.1) is 0 Å². The minimum atomic E-state index is -2.59. The van der Waals surface area contributed by atoms with E-state index in [1.165, 1.54) is 0 Å². The normalized spacial score (nSPS) is 19.0. The lowest BCUT2D eigenvalue weighted by atomic mass is 9.86. The predicted molar refractivity (Wildman–Crippen MR) is 63.2 cm³/mol. The highest BCUT2D eigenvalue weighted by atomic mass is 19.3. The molecular weight excluding hydrogens is 242 g/mol. The van der Waals surface area contributed by atoms with Gasteiger partial charge in [-0.3, -0.25) is 4.79 Å². The van der Waals surface area contributed by atoms with Gasteiger partial charge in [-0.15, -0.1) is 0 Å². The Labute approximate surface area is 105 Å². The molecule has 0 aromatic heterocycles. The van der Waals surface area contributed by atoms with Gasteiger partial charge < -0.3 is 5.32 Å². The Balaban J connectivity index is 2.12. The Bertz CT molecular complexity index is 319. The van der Waals surface area contributed by atoms with Crippen LogP contribution in [0.15, 0.2) is 5.11 Å². The molecule has 0 heterocycles. The molecule has 1 fully saturated rings. The highest BCUT2D eigenvalue weighted by Gasteiger charge is 2.37. The largest absolute Gasteiger partial charge is 0.356 e. The molecular formula is C11H18F2N4O. The molecule has 0 bridgehead atoms. The van der Waals surface area contributed by atoms with E-state index in [0.29, 0.717) is 19.5 Å². The maximum Gasteiger partial charge on any atom is 0.248 e. The first-order chi connectivity index (χ1) is 8.55. The van der Waals surface area contributed by atoms with Crippen molar-refractivity contribution in [3.63, 3.8) is 0 Å². The molecule has 1 aliphatic rings. The van der Waals surface area contributed by atoms with Crippen molar-refractivity contribution in [2.45, 2.75) is 44.4 Å². The molecule has 0 saturated heterocycles. The fourth-order valence-corrected chi connectivity index (χ4v) is 2.01. The average Bonchev–Trinajstić information content (AvgIpc) is 2.33. The van der Waals surface area contributed by atoms with Crippen molar-refractivity contribution in [2.24, 2.45) is 11.0 Å². The summed E-state index contributed by atoms with van der Waals surface area (Å²) in [6.07, 6.45) is 1.58. The van der Waals surface area contributed by atoms with E-state index in [4.69, 9.17) is 5.53 Å². The fourth-order valence-electron chi connectivity index (χ4n) is 2.01.